The maximum atomic E-state index is 12.6. The van der Waals surface area contributed by atoms with E-state index in [1.807, 2.05) is 0 Å². The maximum absolute atomic E-state index is 12.6. The quantitative estimate of drug-likeness (QED) is 0.675. The molecule has 10 heteroatoms. The number of benzene rings is 2. The van der Waals surface area contributed by atoms with Crippen LogP contribution in [0.2, 0.25) is 0 Å². The van der Waals surface area contributed by atoms with Gasteiger partial charge in [-0.2, -0.15) is 0 Å². The number of nitrogens with zero attached hydrogens (tertiary/aromatic N) is 4. The normalized spacial score (nSPS) is 12.3. The number of ether oxygens (including phenoxy) is 2. The first-order valence-corrected chi connectivity index (χ1v) is 8.04. The second-order valence-corrected chi connectivity index (χ2v) is 5.56. The van der Waals surface area contributed by atoms with E-state index in [0.717, 1.165) is 4.90 Å². The summed E-state index contributed by atoms with van der Waals surface area (Å²) in [5.74, 6) is 1.52. The lowest BCUT2D eigenvalue weighted by molar-refractivity contribution is -0.106. The first-order chi connectivity index (χ1) is 13.2. The average molecular weight is 366 g/mol. The van der Waals surface area contributed by atoms with Crippen LogP contribution < -0.4 is 19.7 Å². The number of H-pyrrole nitrogens is 1. The fraction of sp³-hybridized carbons (Fsp3) is 0.118. The van der Waals surface area contributed by atoms with E-state index in [1.54, 1.807) is 42.5 Å². The monoisotopic (exact) mass is 366 g/mol. The third kappa shape index (κ3) is 3.40. The lowest BCUT2D eigenvalue weighted by Crippen LogP contribution is -2.33. The van der Waals surface area contributed by atoms with E-state index in [2.05, 4.69) is 25.9 Å². The molecule has 0 bridgehead atoms. The zero-order chi connectivity index (χ0) is 18.6. The van der Waals surface area contributed by atoms with E-state index < -0.39 is 6.03 Å². The Kier molecular flexibility index (Phi) is 4.35. The van der Waals surface area contributed by atoms with Crippen molar-refractivity contribution < 1.29 is 19.1 Å². The van der Waals surface area contributed by atoms with E-state index in [-0.39, 0.29) is 0 Å². The van der Waals surface area contributed by atoms with Gasteiger partial charge in [-0.1, -0.05) is 12.1 Å². The van der Waals surface area contributed by atoms with Gasteiger partial charge in [0.1, 0.15) is 13.2 Å². The van der Waals surface area contributed by atoms with Crippen LogP contribution in [0.5, 0.6) is 11.5 Å². The second kappa shape index (κ2) is 7.12. The molecule has 2 aromatic carbocycles. The Bertz CT molecular complexity index is 975. The summed E-state index contributed by atoms with van der Waals surface area (Å²) < 4.78 is 10.9. The van der Waals surface area contributed by atoms with Crippen LogP contribution in [0, 0.1) is 0 Å². The number of hydrogen-bond donors (Lipinski definition) is 2. The molecule has 136 valence electrons. The largest absolute Gasteiger partial charge is 0.486 e. The van der Waals surface area contributed by atoms with Gasteiger partial charge in [0.25, 0.3) is 0 Å². The second-order valence-electron chi connectivity index (χ2n) is 5.56. The van der Waals surface area contributed by atoms with Crippen molar-refractivity contribution in [2.45, 2.75) is 0 Å². The molecular weight excluding hydrogens is 352 g/mol. The molecule has 0 fully saturated rings. The number of aromatic nitrogens is 4. The van der Waals surface area contributed by atoms with Crippen molar-refractivity contribution >= 4 is 23.8 Å². The summed E-state index contributed by atoms with van der Waals surface area (Å²) in [6, 6.07) is 11.1. The van der Waals surface area contributed by atoms with Crippen molar-refractivity contribution in [1.82, 2.24) is 20.6 Å². The van der Waals surface area contributed by atoms with Crippen molar-refractivity contribution in [3.63, 3.8) is 0 Å². The predicted octanol–water partition coefficient (Wildman–Crippen LogP) is 1.83. The third-order valence-corrected chi connectivity index (χ3v) is 3.86. The van der Waals surface area contributed by atoms with Crippen molar-refractivity contribution in [3.8, 4) is 22.9 Å². The summed E-state index contributed by atoms with van der Waals surface area (Å²) >= 11 is 0. The Morgan fingerprint density at radius 2 is 2.00 bits per heavy atom. The summed E-state index contributed by atoms with van der Waals surface area (Å²) in [6.45, 7) is 0.869. The smallest absolute Gasteiger partial charge is 0.332 e. The van der Waals surface area contributed by atoms with Crippen LogP contribution >= 0.6 is 0 Å². The average Bonchev–Trinajstić information content (AvgIpc) is 3.23. The Morgan fingerprint density at radius 1 is 1.15 bits per heavy atom. The number of tetrazole rings is 1. The Labute approximate surface area is 153 Å². The summed E-state index contributed by atoms with van der Waals surface area (Å²) in [7, 11) is 0. The van der Waals surface area contributed by atoms with Gasteiger partial charge in [0, 0.05) is 17.3 Å². The molecule has 1 aromatic heterocycles. The summed E-state index contributed by atoms with van der Waals surface area (Å²) in [5, 5.41) is 16.2. The number of aromatic amines is 1. The van der Waals surface area contributed by atoms with Gasteiger partial charge in [-0.3, -0.25) is 4.79 Å². The Hall–Kier alpha value is -3.95. The molecule has 1 aliphatic heterocycles. The van der Waals surface area contributed by atoms with E-state index in [4.69, 9.17) is 9.47 Å². The molecular formula is C17H14N6O4. The lowest BCUT2D eigenvalue weighted by Gasteiger charge is -2.21. The van der Waals surface area contributed by atoms with Gasteiger partial charge < -0.3 is 14.8 Å². The van der Waals surface area contributed by atoms with E-state index in [0.29, 0.717) is 53.9 Å². The van der Waals surface area contributed by atoms with Gasteiger partial charge >= 0.3 is 6.03 Å². The summed E-state index contributed by atoms with van der Waals surface area (Å²) in [4.78, 5) is 25.0. The van der Waals surface area contributed by atoms with Crippen LogP contribution in [0.1, 0.15) is 0 Å². The number of rotatable bonds is 4. The van der Waals surface area contributed by atoms with Gasteiger partial charge in [-0.05, 0) is 34.7 Å². The topological polar surface area (TPSA) is 122 Å². The highest BCUT2D eigenvalue weighted by atomic mass is 16.6. The van der Waals surface area contributed by atoms with Gasteiger partial charge in [0.05, 0.1) is 5.69 Å². The molecule has 3 aromatic rings. The molecule has 0 radical (unpaired) electrons. The first kappa shape index (κ1) is 16.5. The van der Waals surface area contributed by atoms with Crippen molar-refractivity contribution in [2.24, 2.45) is 0 Å². The molecule has 4 rings (SSSR count). The standard InChI is InChI=1S/C17H14N6O4/c24-10-23(13-4-5-14-15(9-13)27-7-6-26-14)17(25)18-12-3-1-2-11(8-12)16-19-21-22-20-16/h1-5,8-10H,6-7H2,(H,18,25)(H,19,20,21,22). The van der Waals surface area contributed by atoms with Gasteiger partial charge in [0.2, 0.25) is 6.41 Å². The molecule has 2 heterocycles. The number of hydrogen-bond acceptors (Lipinski definition) is 7. The first-order valence-electron chi connectivity index (χ1n) is 8.04. The minimum atomic E-state index is -0.616. The van der Waals surface area contributed by atoms with Crippen molar-refractivity contribution in [2.75, 3.05) is 23.4 Å². The number of amides is 3. The molecule has 3 amide bonds. The maximum Gasteiger partial charge on any atom is 0.332 e. The van der Waals surface area contributed by atoms with Crippen LogP contribution in [0.15, 0.2) is 42.5 Å². The molecule has 27 heavy (non-hydrogen) atoms. The van der Waals surface area contributed by atoms with Crippen LogP contribution in [0.3, 0.4) is 0 Å². The summed E-state index contributed by atoms with van der Waals surface area (Å²) in [5.41, 5.74) is 1.54. The van der Waals surface area contributed by atoms with Crippen molar-refractivity contribution in [1.29, 1.82) is 0 Å². The number of fused-ring (bicyclic) bond motifs is 1. The molecule has 2 N–H and O–H groups in total. The lowest BCUT2D eigenvalue weighted by atomic mass is 10.2. The van der Waals surface area contributed by atoms with E-state index in [9.17, 15) is 9.59 Å². The fourth-order valence-electron chi connectivity index (χ4n) is 2.62. The van der Waals surface area contributed by atoms with Crippen LogP contribution in [-0.2, 0) is 4.79 Å². The fourth-order valence-corrected chi connectivity index (χ4v) is 2.62. The number of urea groups is 1. The summed E-state index contributed by atoms with van der Waals surface area (Å²) in [6.07, 6.45) is 0.435. The highest BCUT2D eigenvalue weighted by Gasteiger charge is 2.19. The highest BCUT2D eigenvalue weighted by Crippen LogP contribution is 2.34. The molecule has 0 aliphatic carbocycles. The van der Waals surface area contributed by atoms with Crippen LogP contribution in [-0.4, -0.2) is 46.3 Å². The zero-order valence-corrected chi connectivity index (χ0v) is 14.0. The van der Waals surface area contributed by atoms with Crippen LogP contribution in [0.25, 0.3) is 11.4 Å². The van der Waals surface area contributed by atoms with E-state index in [1.165, 1.54) is 0 Å². The molecule has 1 aliphatic rings. The van der Waals surface area contributed by atoms with E-state index >= 15 is 0 Å². The molecule has 10 nitrogen and oxygen atoms in total. The molecule has 0 unspecified atom stereocenters. The number of anilines is 2. The van der Waals surface area contributed by atoms with Gasteiger partial charge in [0.15, 0.2) is 17.3 Å². The zero-order valence-electron chi connectivity index (χ0n) is 14.0. The minimum Gasteiger partial charge on any atom is -0.486 e. The predicted molar refractivity (Wildman–Crippen MR) is 94.6 cm³/mol. The van der Waals surface area contributed by atoms with Gasteiger partial charge in [-0.25, -0.2) is 14.8 Å². The third-order valence-electron chi connectivity index (χ3n) is 3.86. The molecule has 0 atom stereocenters. The van der Waals surface area contributed by atoms with Crippen LogP contribution in [0.4, 0.5) is 16.2 Å². The highest BCUT2D eigenvalue weighted by molar-refractivity contribution is 6.12. The molecule has 0 spiro atoms. The number of carbonyl (C=O) groups is 2. The van der Waals surface area contributed by atoms with Crippen molar-refractivity contribution in [3.05, 3.63) is 42.5 Å². The Balaban J connectivity index is 1.54. The Morgan fingerprint density at radius 3 is 2.78 bits per heavy atom. The SMILES string of the molecule is O=CN(C(=O)Nc1cccc(-c2nnn[nH]2)c1)c1ccc2c(c1)OCCO2. The molecule has 0 saturated carbocycles. The van der Waals surface area contributed by atoms with Gasteiger partial charge in [-0.15, -0.1) is 5.10 Å². The molecule has 0 saturated heterocycles. The number of imide groups is 1. The minimum absolute atomic E-state index is 0.363. The number of nitrogens with one attached hydrogen (secondary N) is 2. The number of carbonyl (C=O) groups excluding carboxylic acids is 2.